The topological polar surface area (TPSA) is 77.9 Å². The van der Waals surface area contributed by atoms with E-state index in [2.05, 4.69) is 15.3 Å². The summed E-state index contributed by atoms with van der Waals surface area (Å²) >= 11 is 1.90. The summed E-state index contributed by atoms with van der Waals surface area (Å²) in [6, 6.07) is 4.63. The van der Waals surface area contributed by atoms with Gasteiger partial charge in [-0.05, 0) is 52.2 Å². The molecule has 0 spiro atoms. The molecule has 0 aromatic heterocycles. The van der Waals surface area contributed by atoms with Crippen LogP contribution in [0.2, 0.25) is 0 Å². The first-order valence-corrected chi connectivity index (χ1v) is 6.46. The van der Waals surface area contributed by atoms with Crippen molar-refractivity contribution in [2.45, 2.75) is 18.4 Å². The molecule has 1 saturated heterocycles. The van der Waals surface area contributed by atoms with Gasteiger partial charge in [-0.25, -0.2) is 4.39 Å². The van der Waals surface area contributed by atoms with Crippen LogP contribution in [-0.4, -0.2) is 18.5 Å². The van der Waals surface area contributed by atoms with Gasteiger partial charge in [0.1, 0.15) is 5.82 Å². The average molecular weight is 360 g/mol. The van der Waals surface area contributed by atoms with Crippen LogP contribution in [0.3, 0.4) is 0 Å². The van der Waals surface area contributed by atoms with E-state index >= 15 is 0 Å². The number of benzene rings is 1. The summed E-state index contributed by atoms with van der Waals surface area (Å²) in [5.74, 6) is -0.830. The highest BCUT2D eigenvalue weighted by molar-refractivity contribution is 14.1. The Labute approximate surface area is 117 Å². The quantitative estimate of drug-likeness (QED) is 0.383. The van der Waals surface area contributed by atoms with E-state index in [4.69, 9.17) is 5.53 Å². The van der Waals surface area contributed by atoms with Gasteiger partial charge in [0.05, 0.1) is 5.92 Å². The van der Waals surface area contributed by atoms with Crippen LogP contribution in [0.4, 0.5) is 4.39 Å². The smallest absolute Gasteiger partial charge is 0.227 e. The SMILES string of the molecule is [N-]=[N+]=NC[C@H]1CC(c2ccc(I)c(F)c2)C(=O)N1. The molecule has 0 aliphatic carbocycles. The van der Waals surface area contributed by atoms with Crippen LogP contribution in [-0.2, 0) is 4.79 Å². The largest absolute Gasteiger partial charge is 0.353 e. The van der Waals surface area contributed by atoms with Gasteiger partial charge in [-0.3, -0.25) is 4.79 Å². The number of nitrogens with one attached hydrogen (secondary N) is 1. The molecule has 7 heteroatoms. The van der Waals surface area contributed by atoms with Crippen molar-refractivity contribution < 1.29 is 9.18 Å². The zero-order chi connectivity index (χ0) is 13.1. The van der Waals surface area contributed by atoms with Crippen LogP contribution in [0.1, 0.15) is 17.9 Å². The third kappa shape index (κ3) is 2.73. The molecule has 2 atom stereocenters. The minimum atomic E-state index is -0.365. The van der Waals surface area contributed by atoms with Crippen molar-refractivity contribution in [1.82, 2.24) is 5.32 Å². The Morgan fingerprint density at radius 2 is 2.39 bits per heavy atom. The summed E-state index contributed by atoms with van der Waals surface area (Å²) in [5.41, 5.74) is 8.90. The molecule has 1 aliphatic rings. The van der Waals surface area contributed by atoms with Gasteiger partial charge in [-0.2, -0.15) is 0 Å². The molecule has 1 aliphatic heterocycles. The van der Waals surface area contributed by atoms with E-state index in [0.717, 1.165) is 0 Å². The van der Waals surface area contributed by atoms with Gasteiger partial charge in [-0.1, -0.05) is 11.2 Å². The lowest BCUT2D eigenvalue weighted by molar-refractivity contribution is -0.120. The fraction of sp³-hybridized carbons (Fsp3) is 0.364. The molecule has 0 bridgehead atoms. The first-order chi connectivity index (χ1) is 8.61. The molecule has 18 heavy (non-hydrogen) atoms. The molecule has 5 nitrogen and oxygen atoms in total. The molecule has 0 saturated carbocycles. The zero-order valence-corrected chi connectivity index (χ0v) is 11.5. The van der Waals surface area contributed by atoms with Crippen molar-refractivity contribution in [2.24, 2.45) is 5.11 Å². The summed E-state index contributed by atoms with van der Waals surface area (Å²) in [6.45, 7) is 0.228. The standard InChI is InChI=1S/C11H10FIN4O/c12-9-3-6(1-2-10(9)13)8-4-7(5-15-17-14)16-11(8)18/h1-3,7-8H,4-5H2,(H,16,18)/t7-,8?/m1/s1. The van der Waals surface area contributed by atoms with Crippen molar-refractivity contribution in [3.8, 4) is 0 Å². The third-order valence-corrected chi connectivity index (χ3v) is 3.77. The van der Waals surface area contributed by atoms with Crippen molar-refractivity contribution in [2.75, 3.05) is 6.54 Å². The molecule has 1 amide bonds. The number of hydrogen-bond acceptors (Lipinski definition) is 2. The highest BCUT2D eigenvalue weighted by atomic mass is 127. The lowest BCUT2D eigenvalue weighted by Gasteiger charge is -2.08. The highest BCUT2D eigenvalue weighted by Gasteiger charge is 2.32. The summed E-state index contributed by atoms with van der Waals surface area (Å²) in [4.78, 5) is 14.4. The molecule has 94 valence electrons. The fourth-order valence-corrected chi connectivity index (χ4v) is 2.36. The summed E-state index contributed by atoms with van der Waals surface area (Å²) in [6.07, 6.45) is 0.526. The number of carbonyl (C=O) groups is 1. The zero-order valence-electron chi connectivity index (χ0n) is 9.31. The van der Waals surface area contributed by atoms with Crippen LogP contribution in [0.25, 0.3) is 10.4 Å². The first-order valence-electron chi connectivity index (χ1n) is 5.38. The van der Waals surface area contributed by atoms with Gasteiger partial charge in [0.2, 0.25) is 5.91 Å². The Balaban J connectivity index is 2.16. The molecule has 2 rings (SSSR count). The normalized spacial score (nSPS) is 22.4. The summed E-state index contributed by atoms with van der Waals surface area (Å²) in [7, 11) is 0. The molecule has 1 N–H and O–H groups in total. The number of azide groups is 1. The van der Waals surface area contributed by atoms with Gasteiger partial charge in [0.25, 0.3) is 0 Å². The predicted molar refractivity (Wildman–Crippen MR) is 72.4 cm³/mol. The molecule has 1 unspecified atom stereocenters. The second-order valence-electron chi connectivity index (χ2n) is 4.08. The van der Waals surface area contributed by atoms with Crippen LogP contribution < -0.4 is 5.32 Å². The Kier molecular flexibility index (Phi) is 4.03. The lowest BCUT2D eigenvalue weighted by Crippen LogP contribution is -2.28. The van der Waals surface area contributed by atoms with Crippen molar-refractivity contribution in [3.05, 3.63) is 43.6 Å². The molecular weight excluding hydrogens is 350 g/mol. The van der Waals surface area contributed by atoms with Crippen molar-refractivity contribution in [1.29, 1.82) is 0 Å². The van der Waals surface area contributed by atoms with Crippen molar-refractivity contribution >= 4 is 28.5 Å². The highest BCUT2D eigenvalue weighted by Crippen LogP contribution is 2.28. The lowest BCUT2D eigenvalue weighted by atomic mass is 9.96. The summed E-state index contributed by atoms with van der Waals surface area (Å²) < 4.78 is 14.0. The Hall–Kier alpha value is -1.34. The molecule has 1 aromatic carbocycles. The molecule has 0 radical (unpaired) electrons. The van der Waals surface area contributed by atoms with Crippen LogP contribution >= 0.6 is 22.6 Å². The van der Waals surface area contributed by atoms with Gasteiger partial charge >= 0.3 is 0 Å². The van der Waals surface area contributed by atoms with Gasteiger partial charge in [0.15, 0.2) is 0 Å². The maximum absolute atomic E-state index is 13.5. The second kappa shape index (κ2) is 5.53. The monoisotopic (exact) mass is 360 g/mol. The minimum Gasteiger partial charge on any atom is -0.353 e. The van der Waals surface area contributed by atoms with Crippen LogP contribution in [0, 0.1) is 9.39 Å². The Bertz CT molecular complexity index is 530. The van der Waals surface area contributed by atoms with E-state index < -0.39 is 0 Å². The van der Waals surface area contributed by atoms with Gasteiger partial charge in [0, 0.05) is 21.1 Å². The van der Waals surface area contributed by atoms with E-state index in [1.165, 1.54) is 6.07 Å². The Morgan fingerprint density at radius 1 is 1.61 bits per heavy atom. The van der Waals surface area contributed by atoms with Crippen LogP contribution in [0.5, 0.6) is 0 Å². The van der Waals surface area contributed by atoms with E-state index in [9.17, 15) is 9.18 Å². The molecule has 1 heterocycles. The third-order valence-electron chi connectivity index (χ3n) is 2.89. The average Bonchev–Trinajstić information content (AvgIpc) is 2.71. The maximum Gasteiger partial charge on any atom is 0.227 e. The Morgan fingerprint density at radius 3 is 3.06 bits per heavy atom. The first kappa shape index (κ1) is 13.1. The van der Waals surface area contributed by atoms with Crippen LogP contribution in [0.15, 0.2) is 23.3 Å². The number of hydrogen-bond donors (Lipinski definition) is 1. The van der Waals surface area contributed by atoms with E-state index in [-0.39, 0.29) is 30.2 Å². The number of carbonyl (C=O) groups excluding carboxylic acids is 1. The summed E-state index contributed by atoms with van der Waals surface area (Å²) in [5, 5.41) is 6.18. The number of amides is 1. The number of nitrogens with zero attached hydrogens (tertiary/aromatic N) is 3. The van der Waals surface area contributed by atoms with E-state index in [1.54, 1.807) is 12.1 Å². The fourth-order valence-electron chi connectivity index (χ4n) is 2.02. The van der Waals surface area contributed by atoms with E-state index in [0.29, 0.717) is 15.6 Å². The second-order valence-corrected chi connectivity index (χ2v) is 5.24. The molecule has 1 fully saturated rings. The van der Waals surface area contributed by atoms with Crippen molar-refractivity contribution in [3.63, 3.8) is 0 Å². The predicted octanol–water partition coefficient (Wildman–Crippen LogP) is 2.71. The maximum atomic E-state index is 13.5. The molecular formula is C11H10FIN4O. The number of rotatable bonds is 3. The minimum absolute atomic E-state index is 0.145. The number of halogens is 2. The van der Waals surface area contributed by atoms with Gasteiger partial charge in [-0.15, -0.1) is 0 Å². The van der Waals surface area contributed by atoms with Gasteiger partial charge < -0.3 is 5.32 Å². The molecule has 1 aromatic rings. The van der Waals surface area contributed by atoms with E-state index in [1.807, 2.05) is 22.6 Å².